The highest BCUT2D eigenvalue weighted by Gasteiger charge is 2.24. The molecule has 1 fully saturated rings. The van der Waals surface area contributed by atoms with Gasteiger partial charge < -0.3 is 9.84 Å². The molecule has 3 nitrogen and oxygen atoms in total. The van der Waals surface area contributed by atoms with Gasteiger partial charge in [0.2, 0.25) is 0 Å². The Bertz CT molecular complexity index is 507. The van der Waals surface area contributed by atoms with Crippen LogP contribution in [0.2, 0.25) is 0 Å². The molecular weight excluding hydrogens is 282 g/mol. The maximum atomic E-state index is 9.64. The first-order chi connectivity index (χ1) is 9.98. The molecule has 0 spiro atoms. The van der Waals surface area contributed by atoms with E-state index in [-0.39, 0.29) is 0 Å². The summed E-state index contributed by atoms with van der Waals surface area (Å²) in [6.45, 7) is 9.22. The summed E-state index contributed by atoms with van der Waals surface area (Å²) in [7, 11) is 0. The minimum absolute atomic E-state index is 0.554. The number of likely N-dealkylation sites (tertiary alicyclic amines) is 1. The fraction of sp³-hybridized carbons (Fsp3) is 0.647. The number of nitrogens with zero attached hydrogens (tertiary/aromatic N) is 1. The molecule has 1 unspecified atom stereocenters. The molecule has 1 saturated heterocycles. The summed E-state index contributed by atoms with van der Waals surface area (Å²) in [4.78, 5) is 4.86. The standard InChI is InChI=1S/C17H25NO2S/c1-4-20-13-14-6-5-11-18(14)12-16-8-7-15(21-16)9-10-17(2,3)19/h7-8,14,19H,4-6,11-13H2,1-3H3. The van der Waals surface area contributed by atoms with E-state index in [9.17, 15) is 5.11 Å². The Morgan fingerprint density at radius 2 is 2.29 bits per heavy atom. The zero-order valence-corrected chi connectivity index (χ0v) is 14.0. The van der Waals surface area contributed by atoms with Gasteiger partial charge in [-0.3, -0.25) is 4.90 Å². The Labute approximate surface area is 131 Å². The molecule has 0 radical (unpaired) electrons. The van der Waals surface area contributed by atoms with Gasteiger partial charge >= 0.3 is 0 Å². The van der Waals surface area contributed by atoms with Crippen LogP contribution in [0.4, 0.5) is 0 Å². The van der Waals surface area contributed by atoms with E-state index in [4.69, 9.17) is 4.74 Å². The molecule has 2 heterocycles. The summed E-state index contributed by atoms with van der Waals surface area (Å²) < 4.78 is 5.58. The van der Waals surface area contributed by atoms with E-state index in [1.165, 1.54) is 17.7 Å². The van der Waals surface area contributed by atoms with Crippen molar-refractivity contribution in [3.63, 3.8) is 0 Å². The number of rotatable bonds is 5. The molecule has 1 aromatic rings. The van der Waals surface area contributed by atoms with Gasteiger partial charge in [0, 0.05) is 24.1 Å². The van der Waals surface area contributed by atoms with Crippen molar-refractivity contribution in [3.05, 3.63) is 21.9 Å². The van der Waals surface area contributed by atoms with Gasteiger partial charge in [-0.2, -0.15) is 0 Å². The van der Waals surface area contributed by atoms with Gasteiger partial charge in [-0.15, -0.1) is 11.3 Å². The van der Waals surface area contributed by atoms with Crippen LogP contribution in [-0.4, -0.2) is 41.4 Å². The predicted octanol–water partition coefficient (Wildman–Crippen LogP) is 2.87. The molecule has 0 aliphatic carbocycles. The second-order valence-corrected chi connectivity index (χ2v) is 7.17. The third kappa shape index (κ3) is 5.44. The lowest BCUT2D eigenvalue weighted by molar-refractivity contribution is 0.0828. The first-order valence-electron chi connectivity index (χ1n) is 7.64. The number of ether oxygens (including phenoxy) is 1. The van der Waals surface area contributed by atoms with E-state index in [0.29, 0.717) is 6.04 Å². The Kier molecular flexibility index (Phi) is 5.83. The van der Waals surface area contributed by atoms with Crippen molar-refractivity contribution in [1.82, 2.24) is 4.90 Å². The lowest BCUT2D eigenvalue weighted by Gasteiger charge is -2.23. The Morgan fingerprint density at radius 3 is 3.00 bits per heavy atom. The van der Waals surface area contributed by atoms with Crippen LogP contribution in [-0.2, 0) is 11.3 Å². The van der Waals surface area contributed by atoms with Crippen molar-refractivity contribution in [3.8, 4) is 11.8 Å². The van der Waals surface area contributed by atoms with E-state index < -0.39 is 5.60 Å². The fourth-order valence-corrected chi connectivity index (χ4v) is 3.38. The minimum atomic E-state index is -0.929. The predicted molar refractivity (Wildman–Crippen MR) is 87.4 cm³/mol. The third-order valence-corrected chi connectivity index (χ3v) is 4.51. The minimum Gasteiger partial charge on any atom is -0.380 e. The average molecular weight is 307 g/mol. The monoisotopic (exact) mass is 307 g/mol. The molecule has 21 heavy (non-hydrogen) atoms. The molecule has 2 rings (SSSR count). The second-order valence-electron chi connectivity index (χ2n) is 6.00. The van der Waals surface area contributed by atoms with Gasteiger partial charge in [-0.25, -0.2) is 0 Å². The van der Waals surface area contributed by atoms with Crippen molar-refractivity contribution in [2.24, 2.45) is 0 Å². The molecule has 0 aromatic carbocycles. The summed E-state index contributed by atoms with van der Waals surface area (Å²) in [5.41, 5.74) is -0.929. The van der Waals surface area contributed by atoms with Crippen molar-refractivity contribution in [2.75, 3.05) is 19.8 Å². The van der Waals surface area contributed by atoms with Crippen LogP contribution in [0.25, 0.3) is 0 Å². The highest BCUT2D eigenvalue weighted by molar-refractivity contribution is 7.12. The summed E-state index contributed by atoms with van der Waals surface area (Å²) in [6, 6.07) is 4.75. The molecule has 116 valence electrons. The van der Waals surface area contributed by atoms with Gasteiger partial charge in [0.05, 0.1) is 11.5 Å². The van der Waals surface area contributed by atoms with Crippen LogP contribution in [0.3, 0.4) is 0 Å². The number of hydrogen-bond donors (Lipinski definition) is 1. The molecule has 0 bridgehead atoms. The van der Waals surface area contributed by atoms with Crippen molar-refractivity contribution < 1.29 is 9.84 Å². The smallest absolute Gasteiger partial charge is 0.120 e. The lowest BCUT2D eigenvalue weighted by Crippen LogP contribution is -2.32. The van der Waals surface area contributed by atoms with Crippen LogP contribution in [0.15, 0.2) is 12.1 Å². The fourth-order valence-electron chi connectivity index (χ4n) is 2.49. The van der Waals surface area contributed by atoms with Crippen molar-refractivity contribution in [2.45, 2.75) is 51.8 Å². The van der Waals surface area contributed by atoms with Crippen LogP contribution >= 0.6 is 11.3 Å². The van der Waals surface area contributed by atoms with E-state index in [2.05, 4.69) is 22.8 Å². The molecule has 4 heteroatoms. The van der Waals surface area contributed by atoms with E-state index in [1.54, 1.807) is 25.2 Å². The summed E-state index contributed by atoms with van der Waals surface area (Å²) in [6.07, 6.45) is 2.49. The van der Waals surface area contributed by atoms with E-state index in [1.807, 2.05) is 13.0 Å². The van der Waals surface area contributed by atoms with E-state index in [0.717, 1.165) is 31.2 Å². The first kappa shape index (κ1) is 16.5. The van der Waals surface area contributed by atoms with Gasteiger partial charge in [0.1, 0.15) is 5.60 Å². The van der Waals surface area contributed by atoms with Crippen LogP contribution < -0.4 is 0 Å². The quantitative estimate of drug-likeness (QED) is 0.849. The summed E-state index contributed by atoms with van der Waals surface area (Å²) in [5, 5.41) is 9.64. The second kappa shape index (κ2) is 7.42. The average Bonchev–Trinajstić information content (AvgIpc) is 3.03. The topological polar surface area (TPSA) is 32.7 Å². The lowest BCUT2D eigenvalue weighted by atomic mass is 10.1. The maximum absolute atomic E-state index is 9.64. The highest BCUT2D eigenvalue weighted by Crippen LogP contribution is 2.24. The third-order valence-electron chi connectivity index (χ3n) is 3.53. The largest absolute Gasteiger partial charge is 0.380 e. The molecular formula is C17H25NO2S. The highest BCUT2D eigenvalue weighted by atomic mass is 32.1. The number of thiophene rings is 1. The molecule has 0 amide bonds. The van der Waals surface area contributed by atoms with Crippen LogP contribution in [0.1, 0.15) is 43.4 Å². The van der Waals surface area contributed by atoms with Gasteiger partial charge in [0.15, 0.2) is 0 Å². The van der Waals surface area contributed by atoms with Gasteiger partial charge in [0.25, 0.3) is 0 Å². The SMILES string of the molecule is CCOCC1CCCN1Cc1ccc(C#CC(C)(C)O)s1. The normalized spacial score (nSPS) is 19.5. The number of aliphatic hydroxyl groups is 1. The summed E-state index contributed by atoms with van der Waals surface area (Å²) in [5.74, 6) is 5.91. The molecule has 1 N–H and O–H groups in total. The van der Waals surface area contributed by atoms with Crippen molar-refractivity contribution >= 4 is 11.3 Å². The molecule has 1 aliphatic heterocycles. The molecule has 1 aliphatic rings. The zero-order chi connectivity index (χ0) is 15.3. The maximum Gasteiger partial charge on any atom is 0.120 e. The summed E-state index contributed by atoms with van der Waals surface area (Å²) >= 11 is 1.72. The zero-order valence-electron chi connectivity index (χ0n) is 13.2. The molecule has 0 saturated carbocycles. The molecule has 1 atom stereocenters. The number of hydrogen-bond acceptors (Lipinski definition) is 4. The molecule has 1 aromatic heterocycles. The first-order valence-corrected chi connectivity index (χ1v) is 8.45. The van der Waals surface area contributed by atoms with Gasteiger partial charge in [-0.05, 0) is 52.3 Å². The Hall–Kier alpha value is -0.860. The Morgan fingerprint density at radius 1 is 1.48 bits per heavy atom. The van der Waals surface area contributed by atoms with Crippen LogP contribution in [0.5, 0.6) is 0 Å². The Balaban J connectivity index is 1.94. The van der Waals surface area contributed by atoms with Crippen molar-refractivity contribution in [1.29, 1.82) is 0 Å². The van der Waals surface area contributed by atoms with Gasteiger partial charge in [-0.1, -0.05) is 11.8 Å². The van der Waals surface area contributed by atoms with Crippen LogP contribution in [0, 0.1) is 11.8 Å². The van der Waals surface area contributed by atoms with E-state index >= 15 is 0 Å².